The Kier molecular flexibility index (Phi) is 4.92. The van der Waals surface area contributed by atoms with Gasteiger partial charge in [-0.1, -0.05) is 18.6 Å². The van der Waals surface area contributed by atoms with E-state index in [1.165, 1.54) is 28.4 Å². The Bertz CT molecular complexity index is 321. The zero-order valence-electron chi connectivity index (χ0n) is 9.33. The van der Waals surface area contributed by atoms with Crippen molar-refractivity contribution >= 4 is 34.2 Å². The third-order valence-corrected chi connectivity index (χ3v) is 4.15. The van der Waals surface area contributed by atoms with E-state index in [1.807, 2.05) is 0 Å². The van der Waals surface area contributed by atoms with Gasteiger partial charge in [0.2, 0.25) is 0 Å². The first kappa shape index (κ1) is 12.7. The van der Waals surface area contributed by atoms with Gasteiger partial charge in [-0.05, 0) is 53.1 Å². The molecule has 2 rings (SSSR count). The quantitative estimate of drug-likeness (QED) is 0.576. The summed E-state index contributed by atoms with van der Waals surface area (Å²) in [5, 5.41) is 0. The molecule has 0 heterocycles. The Morgan fingerprint density at radius 1 is 1.25 bits per heavy atom. The Morgan fingerprint density at radius 2 is 1.94 bits per heavy atom. The second kappa shape index (κ2) is 6.22. The van der Waals surface area contributed by atoms with Crippen LogP contribution in [0, 0.1) is 3.57 Å². The molecule has 16 heavy (non-hydrogen) atoms. The summed E-state index contributed by atoms with van der Waals surface area (Å²) in [5.41, 5.74) is 1.40. The molecule has 1 aromatic rings. The number of hydrogen-bond acceptors (Lipinski definition) is 1. The molecule has 0 saturated heterocycles. The molecule has 0 aliphatic heterocycles. The minimum absolute atomic E-state index is 0.737. The van der Waals surface area contributed by atoms with E-state index in [2.05, 4.69) is 51.8 Å². The van der Waals surface area contributed by atoms with E-state index in [0.29, 0.717) is 0 Å². The summed E-state index contributed by atoms with van der Waals surface area (Å²) >= 11 is 8.21. The van der Waals surface area contributed by atoms with E-state index in [4.69, 9.17) is 11.6 Å². The molecule has 0 unspecified atom stereocenters. The molecule has 3 heteroatoms. The minimum atomic E-state index is 0.737. The SMILES string of the molecule is ClCCN(Cc1ccc(I)cc1)C1CCC1. The molecular formula is C13H17ClIN. The van der Waals surface area contributed by atoms with Crippen molar-refractivity contribution in [1.29, 1.82) is 0 Å². The fourth-order valence-electron chi connectivity index (χ4n) is 2.08. The molecule has 0 bridgehead atoms. The van der Waals surface area contributed by atoms with Crippen LogP contribution in [0.4, 0.5) is 0 Å². The Balaban J connectivity index is 1.96. The minimum Gasteiger partial charge on any atom is -0.295 e. The van der Waals surface area contributed by atoms with E-state index in [-0.39, 0.29) is 0 Å². The smallest absolute Gasteiger partial charge is 0.0351 e. The molecule has 1 aliphatic carbocycles. The van der Waals surface area contributed by atoms with E-state index >= 15 is 0 Å². The molecule has 1 aliphatic rings. The fraction of sp³-hybridized carbons (Fsp3) is 0.538. The molecule has 1 saturated carbocycles. The maximum atomic E-state index is 5.87. The maximum Gasteiger partial charge on any atom is 0.0351 e. The zero-order chi connectivity index (χ0) is 11.4. The molecular weight excluding hydrogens is 333 g/mol. The summed E-state index contributed by atoms with van der Waals surface area (Å²) < 4.78 is 1.30. The fourth-order valence-corrected chi connectivity index (χ4v) is 2.65. The lowest BCUT2D eigenvalue weighted by Gasteiger charge is -2.37. The zero-order valence-corrected chi connectivity index (χ0v) is 12.2. The van der Waals surface area contributed by atoms with Crippen LogP contribution in [0.25, 0.3) is 0 Å². The van der Waals surface area contributed by atoms with Crippen molar-refractivity contribution in [3.8, 4) is 0 Å². The second-order valence-electron chi connectivity index (χ2n) is 4.37. The summed E-state index contributed by atoms with van der Waals surface area (Å²) in [7, 11) is 0. The van der Waals surface area contributed by atoms with E-state index in [1.54, 1.807) is 0 Å². The van der Waals surface area contributed by atoms with Crippen LogP contribution >= 0.6 is 34.2 Å². The molecule has 0 atom stereocenters. The predicted molar refractivity (Wildman–Crippen MR) is 77.9 cm³/mol. The maximum absolute atomic E-state index is 5.87. The second-order valence-corrected chi connectivity index (χ2v) is 5.99. The molecule has 1 nitrogen and oxygen atoms in total. The number of nitrogens with zero attached hydrogens (tertiary/aromatic N) is 1. The first-order valence-corrected chi connectivity index (χ1v) is 7.45. The number of rotatable bonds is 5. The third-order valence-electron chi connectivity index (χ3n) is 3.26. The molecule has 1 fully saturated rings. The van der Waals surface area contributed by atoms with Gasteiger partial charge in [-0.15, -0.1) is 11.6 Å². The summed E-state index contributed by atoms with van der Waals surface area (Å²) in [5.74, 6) is 0.737. The van der Waals surface area contributed by atoms with E-state index < -0.39 is 0 Å². The Morgan fingerprint density at radius 3 is 2.44 bits per heavy atom. The molecule has 88 valence electrons. The van der Waals surface area contributed by atoms with Gasteiger partial charge in [0, 0.05) is 28.6 Å². The van der Waals surface area contributed by atoms with Gasteiger partial charge in [-0.25, -0.2) is 0 Å². The predicted octanol–water partition coefficient (Wildman–Crippen LogP) is 3.88. The first-order chi connectivity index (χ1) is 7.79. The lowest BCUT2D eigenvalue weighted by Crippen LogP contribution is -2.40. The van der Waals surface area contributed by atoms with E-state index in [0.717, 1.165) is 25.0 Å². The monoisotopic (exact) mass is 349 g/mol. The van der Waals surface area contributed by atoms with Crippen LogP contribution in [-0.2, 0) is 6.54 Å². The molecule has 1 aromatic carbocycles. The van der Waals surface area contributed by atoms with Gasteiger partial charge in [-0.2, -0.15) is 0 Å². The van der Waals surface area contributed by atoms with Crippen molar-refractivity contribution in [2.45, 2.75) is 31.8 Å². The molecule has 0 spiro atoms. The largest absolute Gasteiger partial charge is 0.295 e. The number of benzene rings is 1. The average molecular weight is 350 g/mol. The highest BCUT2D eigenvalue weighted by Gasteiger charge is 2.24. The molecule has 0 amide bonds. The number of halogens is 2. The normalized spacial score (nSPS) is 16.4. The van der Waals surface area contributed by atoms with Crippen LogP contribution in [-0.4, -0.2) is 23.4 Å². The van der Waals surface area contributed by atoms with Crippen LogP contribution in [0.1, 0.15) is 24.8 Å². The van der Waals surface area contributed by atoms with Gasteiger partial charge in [-0.3, -0.25) is 4.90 Å². The van der Waals surface area contributed by atoms with Crippen LogP contribution in [0.3, 0.4) is 0 Å². The number of hydrogen-bond donors (Lipinski definition) is 0. The summed E-state index contributed by atoms with van der Waals surface area (Å²) in [6, 6.07) is 9.58. The van der Waals surface area contributed by atoms with Crippen LogP contribution in [0.15, 0.2) is 24.3 Å². The molecule has 0 aromatic heterocycles. The molecule has 0 N–H and O–H groups in total. The average Bonchev–Trinajstić information content (AvgIpc) is 2.19. The standard InChI is InChI=1S/C13H17ClIN/c14-8-9-16(13-2-1-3-13)10-11-4-6-12(15)7-5-11/h4-7,13H,1-3,8-10H2. The van der Waals surface area contributed by atoms with Crippen molar-refractivity contribution < 1.29 is 0 Å². The highest BCUT2D eigenvalue weighted by Crippen LogP contribution is 2.26. The van der Waals surface area contributed by atoms with Crippen LogP contribution < -0.4 is 0 Å². The van der Waals surface area contributed by atoms with Crippen molar-refractivity contribution in [1.82, 2.24) is 4.90 Å². The summed E-state index contributed by atoms with van der Waals surface area (Å²) in [6.07, 6.45) is 4.08. The lowest BCUT2D eigenvalue weighted by atomic mass is 9.91. The Labute approximate surface area is 116 Å². The lowest BCUT2D eigenvalue weighted by molar-refractivity contribution is 0.127. The Hall–Kier alpha value is 0.200. The third kappa shape index (κ3) is 3.34. The highest BCUT2D eigenvalue weighted by molar-refractivity contribution is 14.1. The van der Waals surface area contributed by atoms with Crippen LogP contribution in [0.2, 0.25) is 0 Å². The van der Waals surface area contributed by atoms with Gasteiger partial charge >= 0.3 is 0 Å². The van der Waals surface area contributed by atoms with Crippen molar-refractivity contribution in [3.05, 3.63) is 33.4 Å². The van der Waals surface area contributed by atoms with Gasteiger partial charge in [0.1, 0.15) is 0 Å². The highest BCUT2D eigenvalue weighted by atomic mass is 127. The number of alkyl halides is 1. The van der Waals surface area contributed by atoms with Crippen LogP contribution in [0.5, 0.6) is 0 Å². The first-order valence-electron chi connectivity index (χ1n) is 5.84. The summed E-state index contributed by atoms with van der Waals surface area (Å²) in [4.78, 5) is 2.53. The summed E-state index contributed by atoms with van der Waals surface area (Å²) in [6.45, 7) is 2.06. The van der Waals surface area contributed by atoms with Crippen molar-refractivity contribution in [3.63, 3.8) is 0 Å². The molecule has 0 radical (unpaired) electrons. The van der Waals surface area contributed by atoms with Gasteiger partial charge < -0.3 is 0 Å². The topological polar surface area (TPSA) is 3.24 Å². The van der Waals surface area contributed by atoms with Gasteiger partial charge in [0.05, 0.1) is 0 Å². The van der Waals surface area contributed by atoms with E-state index in [9.17, 15) is 0 Å². The van der Waals surface area contributed by atoms with Crippen molar-refractivity contribution in [2.75, 3.05) is 12.4 Å². The van der Waals surface area contributed by atoms with Crippen molar-refractivity contribution in [2.24, 2.45) is 0 Å². The van der Waals surface area contributed by atoms with Gasteiger partial charge in [0.25, 0.3) is 0 Å². The van der Waals surface area contributed by atoms with Gasteiger partial charge in [0.15, 0.2) is 0 Å².